The predicted octanol–water partition coefficient (Wildman–Crippen LogP) is 4.55. The zero-order valence-electron chi connectivity index (χ0n) is 22.7. The van der Waals surface area contributed by atoms with Crippen molar-refractivity contribution in [1.29, 1.82) is 0 Å². The van der Waals surface area contributed by atoms with Gasteiger partial charge in [0.25, 0.3) is 0 Å². The number of esters is 4. The van der Waals surface area contributed by atoms with Gasteiger partial charge in [-0.1, -0.05) is 28.1 Å². The van der Waals surface area contributed by atoms with E-state index in [0.717, 1.165) is 25.7 Å². The van der Waals surface area contributed by atoms with Crippen LogP contribution in [0.3, 0.4) is 0 Å². The molecule has 5 atom stereocenters. The number of rotatable bonds is 9. The second-order valence-electron chi connectivity index (χ2n) is 9.24. The number of aromatic nitrogens is 1. The van der Waals surface area contributed by atoms with Crippen LogP contribution in [0.1, 0.15) is 49.9 Å². The van der Waals surface area contributed by atoms with E-state index in [2.05, 4.69) is 20.9 Å². The van der Waals surface area contributed by atoms with Gasteiger partial charge in [-0.3, -0.25) is 19.2 Å². The van der Waals surface area contributed by atoms with Crippen molar-refractivity contribution in [3.8, 4) is 10.6 Å². The molecule has 1 fully saturated rings. The highest BCUT2D eigenvalue weighted by atomic mass is 79.9. The molecule has 41 heavy (non-hydrogen) atoms. The number of halogens is 1. The monoisotopic (exact) mass is 649 g/mol. The second-order valence-corrected chi connectivity index (χ2v) is 11.2. The van der Waals surface area contributed by atoms with Gasteiger partial charge in [-0.15, -0.1) is 11.3 Å². The maximum absolute atomic E-state index is 12.2. The van der Waals surface area contributed by atoms with Crippen molar-refractivity contribution < 1.29 is 47.3 Å². The maximum atomic E-state index is 12.2. The third kappa shape index (κ3) is 7.80. The maximum Gasteiger partial charge on any atom is 0.303 e. The third-order valence-electron chi connectivity index (χ3n) is 6.05. The average Bonchev–Trinajstić information content (AvgIpc) is 3.58. The molecule has 0 bridgehead atoms. The van der Waals surface area contributed by atoms with Crippen molar-refractivity contribution >= 4 is 51.1 Å². The molecule has 4 rings (SSSR count). The molecule has 0 radical (unpaired) electrons. The lowest BCUT2D eigenvalue weighted by atomic mass is 9.89. The van der Waals surface area contributed by atoms with Gasteiger partial charge in [0, 0.05) is 44.8 Å². The molecule has 1 aromatic carbocycles. The molecule has 5 unspecified atom stereocenters. The van der Waals surface area contributed by atoms with Gasteiger partial charge >= 0.3 is 23.9 Å². The molecule has 0 spiro atoms. The predicted molar refractivity (Wildman–Crippen MR) is 148 cm³/mol. The van der Waals surface area contributed by atoms with Gasteiger partial charge in [-0.05, 0) is 29.3 Å². The summed E-state index contributed by atoms with van der Waals surface area (Å²) in [5, 5.41) is 0.829. The second kappa shape index (κ2) is 13.4. The number of hydrogen-bond donors (Lipinski definition) is 0. The van der Waals surface area contributed by atoms with E-state index >= 15 is 0 Å². The van der Waals surface area contributed by atoms with Gasteiger partial charge in [-0.25, -0.2) is 4.98 Å². The molecule has 218 valence electrons. The Hall–Kier alpha value is -3.55. The van der Waals surface area contributed by atoms with Crippen LogP contribution < -0.4 is 0 Å². The molecule has 3 aromatic rings. The summed E-state index contributed by atoms with van der Waals surface area (Å²) < 4.78 is 34.4. The summed E-state index contributed by atoms with van der Waals surface area (Å²) in [6, 6.07) is 9.12. The molecular weight excluding hydrogens is 622 g/mol. The van der Waals surface area contributed by atoms with Crippen LogP contribution >= 0.6 is 27.3 Å². The molecule has 13 heteroatoms. The Kier molecular flexibility index (Phi) is 9.94. The normalized spacial score (nSPS) is 22.0. The minimum atomic E-state index is -1.25. The van der Waals surface area contributed by atoms with Crippen LogP contribution in [0.25, 0.3) is 10.6 Å². The first-order valence-electron chi connectivity index (χ1n) is 12.6. The zero-order chi connectivity index (χ0) is 29.7. The molecular formula is C28H28BrNO10S. The Morgan fingerprint density at radius 1 is 0.927 bits per heavy atom. The quantitative estimate of drug-likeness (QED) is 0.238. The summed E-state index contributed by atoms with van der Waals surface area (Å²) in [7, 11) is 0. The van der Waals surface area contributed by atoms with E-state index in [9.17, 15) is 19.2 Å². The smallest absolute Gasteiger partial charge is 0.303 e. The molecule has 3 heterocycles. The SMILES string of the molecule is CC(=O)OCC1OC(c2ccc(Br)c(Cc3ncc(-c4ccco4)s3)c2)C(OC(C)=O)C(OC(C)=O)C1OC(C)=O. The molecule has 1 aliphatic heterocycles. The number of furan rings is 1. The number of nitrogens with zero attached hydrogens (tertiary/aromatic N) is 1. The average molecular weight is 651 g/mol. The van der Waals surface area contributed by atoms with Crippen LogP contribution in [0, 0.1) is 0 Å². The Labute approximate surface area is 248 Å². The van der Waals surface area contributed by atoms with E-state index in [-0.39, 0.29) is 6.61 Å². The standard InChI is InChI=1S/C28H28BrNO10S/c1-14(31)36-13-22-26(37-15(2)32)28(39-17(4)34)27(38-16(3)33)25(40-22)18-7-8-20(29)19(10-18)11-24-30-12-23(41-24)21-6-5-9-35-21/h5-10,12,22,25-28H,11,13H2,1-4H3. The summed E-state index contributed by atoms with van der Waals surface area (Å²) in [6.45, 7) is 4.50. The molecule has 0 aliphatic carbocycles. The van der Waals surface area contributed by atoms with Crippen LogP contribution in [0.15, 0.2) is 51.7 Å². The highest BCUT2D eigenvalue weighted by Gasteiger charge is 2.52. The van der Waals surface area contributed by atoms with E-state index in [1.54, 1.807) is 18.5 Å². The van der Waals surface area contributed by atoms with Gasteiger partial charge in [-0.2, -0.15) is 0 Å². The lowest BCUT2D eigenvalue weighted by Crippen LogP contribution is -2.59. The van der Waals surface area contributed by atoms with Gasteiger partial charge < -0.3 is 28.1 Å². The lowest BCUT2D eigenvalue weighted by molar-refractivity contribution is -0.254. The van der Waals surface area contributed by atoms with Crippen molar-refractivity contribution in [2.24, 2.45) is 0 Å². The number of benzene rings is 1. The van der Waals surface area contributed by atoms with Crippen LogP contribution in [0.2, 0.25) is 0 Å². The third-order valence-corrected chi connectivity index (χ3v) is 7.83. The van der Waals surface area contributed by atoms with E-state index in [1.807, 2.05) is 24.3 Å². The van der Waals surface area contributed by atoms with Crippen LogP contribution in [0.5, 0.6) is 0 Å². The fourth-order valence-electron chi connectivity index (χ4n) is 4.49. The highest BCUT2D eigenvalue weighted by Crippen LogP contribution is 2.39. The summed E-state index contributed by atoms with van der Waals surface area (Å²) in [6.07, 6.45) is -1.86. The fraction of sp³-hybridized carbons (Fsp3) is 0.393. The lowest BCUT2D eigenvalue weighted by Gasteiger charge is -2.44. The Morgan fingerprint density at radius 2 is 1.61 bits per heavy atom. The molecule has 0 saturated carbocycles. The van der Waals surface area contributed by atoms with Crippen LogP contribution in [-0.4, -0.2) is 59.9 Å². The topological polar surface area (TPSA) is 140 Å². The largest absolute Gasteiger partial charge is 0.463 e. The molecule has 1 aliphatic rings. The Balaban J connectivity index is 1.71. The van der Waals surface area contributed by atoms with Gasteiger partial charge in [0.1, 0.15) is 24.6 Å². The van der Waals surface area contributed by atoms with Gasteiger partial charge in [0.15, 0.2) is 18.3 Å². The number of carbonyl (C=O) groups is 4. The minimum absolute atomic E-state index is 0.299. The Bertz CT molecular complexity index is 1400. The van der Waals surface area contributed by atoms with Crippen molar-refractivity contribution in [2.75, 3.05) is 6.61 Å². The summed E-state index contributed by atoms with van der Waals surface area (Å²) >= 11 is 5.08. The van der Waals surface area contributed by atoms with Crippen molar-refractivity contribution in [3.05, 3.63) is 63.4 Å². The number of carbonyl (C=O) groups excluding carboxylic acids is 4. The summed E-state index contributed by atoms with van der Waals surface area (Å²) in [4.78, 5) is 53.3. The van der Waals surface area contributed by atoms with Crippen molar-refractivity contribution in [3.63, 3.8) is 0 Å². The highest BCUT2D eigenvalue weighted by molar-refractivity contribution is 9.10. The number of ether oxygens (including phenoxy) is 5. The molecule has 0 amide bonds. The fourth-order valence-corrected chi connectivity index (χ4v) is 5.79. The molecule has 1 saturated heterocycles. The Morgan fingerprint density at radius 3 is 2.24 bits per heavy atom. The van der Waals surface area contributed by atoms with Crippen LogP contribution in [0.4, 0.5) is 0 Å². The van der Waals surface area contributed by atoms with E-state index in [1.165, 1.54) is 39.0 Å². The van der Waals surface area contributed by atoms with Crippen LogP contribution in [-0.2, 0) is 49.3 Å². The first-order valence-corrected chi connectivity index (χ1v) is 14.2. The number of hydrogen-bond acceptors (Lipinski definition) is 12. The molecule has 11 nitrogen and oxygen atoms in total. The van der Waals surface area contributed by atoms with E-state index in [4.69, 9.17) is 28.1 Å². The summed E-state index contributed by atoms with van der Waals surface area (Å²) in [5.74, 6) is -1.90. The first-order chi connectivity index (χ1) is 19.5. The number of thiazole rings is 1. The first kappa shape index (κ1) is 30.4. The van der Waals surface area contributed by atoms with Crippen molar-refractivity contribution in [2.45, 2.75) is 64.6 Å². The molecule has 0 N–H and O–H groups in total. The van der Waals surface area contributed by atoms with E-state index in [0.29, 0.717) is 12.0 Å². The minimum Gasteiger partial charge on any atom is -0.463 e. The van der Waals surface area contributed by atoms with Gasteiger partial charge in [0.2, 0.25) is 0 Å². The van der Waals surface area contributed by atoms with E-state index < -0.39 is 54.4 Å². The summed E-state index contributed by atoms with van der Waals surface area (Å²) in [5.41, 5.74) is 1.44. The molecule has 2 aromatic heterocycles. The van der Waals surface area contributed by atoms with Crippen molar-refractivity contribution in [1.82, 2.24) is 4.98 Å². The van der Waals surface area contributed by atoms with Gasteiger partial charge in [0.05, 0.1) is 16.1 Å². The zero-order valence-corrected chi connectivity index (χ0v) is 25.1.